The molecule has 0 saturated carbocycles. The molecule has 0 unspecified atom stereocenters. The van der Waals surface area contributed by atoms with Crippen molar-refractivity contribution >= 4 is 11.6 Å². The van der Waals surface area contributed by atoms with Crippen LogP contribution in [-0.4, -0.2) is 16.1 Å². The predicted molar refractivity (Wildman–Crippen MR) is 70.7 cm³/mol. The molecule has 0 radical (unpaired) electrons. The van der Waals surface area contributed by atoms with Crippen LogP contribution in [0.2, 0.25) is 0 Å². The zero-order valence-electron chi connectivity index (χ0n) is 10.5. The van der Waals surface area contributed by atoms with Gasteiger partial charge in [-0.25, -0.2) is 0 Å². The third-order valence-electron chi connectivity index (χ3n) is 2.39. The predicted octanol–water partition coefficient (Wildman–Crippen LogP) is 1.69. The topological polar surface area (TPSA) is 90.1 Å². The largest absolute Gasteiger partial charge is 0.435 e. The van der Waals surface area contributed by atoms with Crippen molar-refractivity contribution < 1.29 is 9.53 Å². The van der Waals surface area contributed by atoms with Gasteiger partial charge in [0.1, 0.15) is 0 Å². The van der Waals surface area contributed by atoms with Crippen molar-refractivity contribution in [2.24, 2.45) is 5.73 Å². The normalized spacial score (nSPS) is 10.0. The van der Waals surface area contributed by atoms with Crippen LogP contribution in [0.5, 0.6) is 11.6 Å². The van der Waals surface area contributed by atoms with Gasteiger partial charge in [-0.2, -0.15) is 5.10 Å². The minimum absolute atomic E-state index is 0.172. The molecule has 19 heavy (non-hydrogen) atoms. The maximum absolute atomic E-state index is 11.1. The maximum Gasteiger partial charge on any atom is 0.243 e. The Kier molecular flexibility index (Phi) is 4.04. The zero-order valence-corrected chi connectivity index (χ0v) is 10.5. The van der Waals surface area contributed by atoms with Crippen molar-refractivity contribution in [1.82, 2.24) is 10.2 Å². The van der Waals surface area contributed by atoms with E-state index in [4.69, 9.17) is 10.5 Å². The Labute approximate surface area is 110 Å². The number of benzene rings is 1. The fourth-order valence-electron chi connectivity index (χ4n) is 1.54. The molecule has 2 aromatic rings. The lowest BCUT2D eigenvalue weighted by atomic mass is 10.2. The van der Waals surface area contributed by atoms with E-state index in [1.54, 1.807) is 36.5 Å². The molecule has 2 rings (SSSR count). The molecule has 3 N–H and O–H groups in total. The van der Waals surface area contributed by atoms with E-state index in [0.29, 0.717) is 23.9 Å². The number of amides is 1. The summed E-state index contributed by atoms with van der Waals surface area (Å²) in [4.78, 5) is 11.1. The van der Waals surface area contributed by atoms with Gasteiger partial charge in [-0.1, -0.05) is 12.1 Å². The van der Waals surface area contributed by atoms with Gasteiger partial charge in [0.25, 0.3) is 0 Å². The molecule has 0 saturated heterocycles. The number of hydrogen-bond donors (Lipinski definition) is 2. The van der Waals surface area contributed by atoms with E-state index < -0.39 is 0 Å². The van der Waals surface area contributed by atoms with E-state index in [9.17, 15) is 4.79 Å². The molecule has 1 amide bonds. The van der Waals surface area contributed by atoms with Gasteiger partial charge >= 0.3 is 0 Å². The van der Waals surface area contributed by atoms with E-state index in [1.165, 1.54) is 6.92 Å². The van der Waals surface area contributed by atoms with Gasteiger partial charge in [0, 0.05) is 19.0 Å². The van der Waals surface area contributed by atoms with Gasteiger partial charge in [-0.05, 0) is 18.2 Å². The highest BCUT2D eigenvalue weighted by atomic mass is 16.5. The number of carbonyl (C=O) groups excluding carboxylic acids is 1. The van der Waals surface area contributed by atoms with Crippen molar-refractivity contribution in [2.75, 3.05) is 5.32 Å². The van der Waals surface area contributed by atoms with E-state index in [2.05, 4.69) is 15.5 Å². The molecule has 0 atom stereocenters. The van der Waals surface area contributed by atoms with Crippen LogP contribution in [0.1, 0.15) is 12.5 Å². The third kappa shape index (κ3) is 3.26. The Bertz CT molecular complexity index is 586. The van der Waals surface area contributed by atoms with Crippen LogP contribution in [-0.2, 0) is 11.3 Å². The van der Waals surface area contributed by atoms with Crippen LogP contribution in [0.4, 0.5) is 5.69 Å². The first-order chi connectivity index (χ1) is 9.20. The molecule has 1 heterocycles. The lowest BCUT2D eigenvalue weighted by Gasteiger charge is -2.11. The lowest BCUT2D eigenvalue weighted by molar-refractivity contribution is -0.114. The average molecular weight is 258 g/mol. The first kappa shape index (κ1) is 13.0. The first-order valence-electron chi connectivity index (χ1n) is 5.76. The number of rotatable bonds is 4. The molecule has 0 aliphatic heterocycles. The van der Waals surface area contributed by atoms with Gasteiger partial charge in [-0.3, -0.25) is 4.79 Å². The molecule has 0 spiro atoms. The van der Waals surface area contributed by atoms with E-state index in [-0.39, 0.29) is 5.91 Å². The minimum Gasteiger partial charge on any atom is -0.435 e. The second-order valence-electron chi connectivity index (χ2n) is 3.85. The maximum atomic E-state index is 11.1. The fourth-order valence-corrected chi connectivity index (χ4v) is 1.54. The molecule has 6 heteroatoms. The number of nitrogens with zero attached hydrogens (tertiary/aromatic N) is 2. The summed E-state index contributed by atoms with van der Waals surface area (Å²) in [6.45, 7) is 1.73. The van der Waals surface area contributed by atoms with Crippen LogP contribution in [0.15, 0.2) is 36.5 Å². The molecule has 0 bridgehead atoms. The molecule has 6 nitrogen and oxygen atoms in total. The summed E-state index contributed by atoms with van der Waals surface area (Å²) in [5.74, 6) is 0.657. The number of nitrogens with two attached hydrogens (primary N) is 1. The fraction of sp³-hybridized carbons (Fsp3) is 0.154. The number of para-hydroxylation sites is 2. The molecule has 1 aromatic heterocycles. The van der Waals surface area contributed by atoms with E-state index in [1.807, 2.05) is 0 Å². The number of aromatic nitrogens is 2. The van der Waals surface area contributed by atoms with Crippen molar-refractivity contribution in [3.63, 3.8) is 0 Å². The summed E-state index contributed by atoms with van der Waals surface area (Å²) in [6, 6.07) is 8.83. The second kappa shape index (κ2) is 5.92. The molecule has 0 fully saturated rings. The van der Waals surface area contributed by atoms with E-state index in [0.717, 1.165) is 5.56 Å². The van der Waals surface area contributed by atoms with Crippen LogP contribution in [0.25, 0.3) is 0 Å². The summed E-state index contributed by atoms with van der Waals surface area (Å²) >= 11 is 0. The van der Waals surface area contributed by atoms with Gasteiger partial charge < -0.3 is 15.8 Å². The Balaban J connectivity index is 2.30. The van der Waals surface area contributed by atoms with Crippen LogP contribution in [0, 0.1) is 0 Å². The highest BCUT2D eigenvalue weighted by molar-refractivity contribution is 5.90. The molecular formula is C13H14N4O2. The number of anilines is 1. The molecule has 1 aromatic carbocycles. The van der Waals surface area contributed by atoms with Crippen molar-refractivity contribution in [3.05, 3.63) is 42.1 Å². The SMILES string of the molecule is CC(=O)Nc1ccccc1Oc1nnccc1CN. The van der Waals surface area contributed by atoms with Crippen molar-refractivity contribution in [1.29, 1.82) is 0 Å². The van der Waals surface area contributed by atoms with Crippen molar-refractivity contribution in [3.8, 4) is 11.6 Å². The summed E-state index contributed by atoms with van der Waals surface area (Å²) in [6.07, 6.45) is 1.55. The number of hydrogen-bond acceptors (Lipinski definition) is 5. The first-order valence-corrected chi connectivity index (χ1v) is 5.76. The van der Waals surface area contributed by atoms with Crippen LogP contribution in [0.3, 0.4) is 0 Å². The monoisotopic (exact) mass is 258 g/mol. The molecular weight excluding hydrogens is 244 g/mol. The molecule has 98 valence electrons. The Morgan fingerprint density at radius 3 is 2.89 bits per heavy atom. The Morgan fingerprint density at radius 2 is 2.16 bits per heavy atom. The smallest absolute Gasteiger partial charge is 0.243 e. The minimum atomic E-state index is -0.172. The molecule has 0 aliphatic rings. The Hall–Kier alpha value is -2.47. The van der Waals surface area contributed by atoms with Gasteiger partial charge in [0.2, 0.25) is 11.8 Å². The van der Waals surface area contributed by atoms with Gasteiger partial charge in [0.05, 0.1) is 11.9 Å². The second-order valence-corrected chi connectivity index (χ2v) is 3.85. The summed E-state index contributed by atoms with van der Waals surface area (Å²) in [5, 5.41) is 10.4. The zero-order chi connectivity index (χ0) is 13.7. The Morgan fingerprint density at radius 1 is 1.37 bits per heavy atom. The lowest BCUT2D eigenvalue weighted by Crippen LogP contribution is -2.08. The number of carbonyl (C=O) groups is 1. The molecule has 0 aliphatic carbocycles. The van der Waals surface area contributed by atoms with E-state index >= 15 is 0 Å². The van der Waals surface area contributed by atoms with Crippen LogP contribution >= 0.6 is 0 Å². The standard InChI is InChI=1S/C13H14N4O2/c1-9(18)16-11-4-2-3-5-12(11)19-13-10(8-14)6-7-15-17-13/h2-7H,8,14H2,1H3,(H,16,18). The van der Waals surface area contributed by atoms with Crippen molar-refractivity contribution in [2.45, 2.75) is 13.5 Å². The summed E-state index contributed by atoms with van der Waals surface area (Å²) in [5.41, 5.74) is 6.92. The van der Waals surface area contributed by atoms with Crippen LogP contribution < -0.4 is 15.8 Å². The van der Waals surface area contributed by atoms with Gasteiger partial charge in [0.15, 0.2) is 5.75 Å². The highest BCUT2D eigenvalue weighted by Gasteiger charge is 2.09. The quantitative estimate of drug-likeness (QED) is 0.870. The third-order valence-corrected chi connectivity index (χ3v) is 2.39. The summed E-state index contributed by atoms with van der Waals surface area (Å²) in [7, 11) is 0. The number of ether oxygens (including phenoxy) is 1. The number of nitrogens with one attached hydrogen (secondary N) is 1. The van der Waals surface area contributed by atoms with Gasteiger partial charge in [-0.15, -0.1) is 5.10 Å². The average Bonchev–Trinajstić information content (AvgIpc) is 2.41. The highest BCUT2D eigenvalue weighted by Crippen LogP contribution is 2.29. The summed E-state index contributed by atoms with van der Waals surface area (Å²) < 4.78 is 5.66.